The number of pyridine rings is 1. The zero-order valence-electron chi connectivity index (χ0n) is 13.5. The molecule has 23 heavy (non-hydrogen) atoms. The molecule has 1 aliphatic rings. The molecule has 0 aromatic carbocycles. The number of hydrogen-bond acceptors (Lipinski definition) is 6. The maximum Gasteiger partial charge on any atom is 0.246 e. The molecule has 1 unspecified atom stereocenters. The average Bonchev–Trinajstić information content (AvgIpc) is 2.79. The Hall–Kier alpha value is -1.70. The predicted octanol–water partition coefficient (Wildman–Crippen LogP) is 0.0334. The van der Waals surface area contributed by atoms with Crippen molar-refractivity contribution in [2.45, 2.75) is 32.0 Å². The fourth-order valence-electron chi connectivity index (χ4n) is 2.85. The van der Waals surface area contributed by atoms with Gasteiger partial charge in [0, 0.05) is 30.8 Å². The van der Waals surface area contributed by atoms with Crippen LogP contribution in [0.15, 0.2) is 18.2 Å². The van der Waals surface area contributed by atoms with Crippen LogP contribution in [0.2, 0.25) is 0 Å². The summed E-state index contributed by atoms with van der Waals surface area (Å²) in [6.07, 6.45) is -0.924. The Morgan fingerprint density at radius 1 is 1.39 bits per heavy atom. The highest BCUT2D eigenvalue weighted by atomic mass is 16.5. The molecule has 0 saturated heterocycles. The molecule has 3 atom stereocenters. The maximum absolute atomic E-state index is 11.6. The second-order valence-electron chi connectivity index (χ2n) is 6.16. The Labute approximate surface area is 135 Å². The number of nitrogens with one attached hydrogen (secondary N) is 1. The lowest BCUT2D eigenvalue weighted by Gasteiger charge is -2.29. The lowest BCUT2D eigenvalue weighted by molar-refractivity contribution is -0.125. The number of carbonyl (C=O) groups is 1. The van der Waals surface area contributed by atoms with Gasteiger partial charge in [0.1, 0.15) is 6.61 Å². The van der Waals surface area contributed by atoms with Gasteiger partial charge < -0.3 is 25.0 Å². The minimum atomic E-state index is -0.816. The Kier molecular flexibility index (Phi) is 5.92. The lowest BCUT2D eigenvalue weighted by Crippen LogP contribution is -2.41. The highest BCUT2D eigenvalue weighted by molar-refractivity contribution is 5.77. The molecule has 128 valence electrons. The van der Waals surface area contributed by atoms with Crippen molar-refractivity contribution in [1.82, 2.24) is 10.3 Å². The SMILES string of the molecule is COCC(=O)NCC1(COc2cccc(C)n2)C[C@@H](O)[C@@H](O)C1. The van der Waals surface area contributed by atoms with Crippen molar-refractivity contribution in [2.24, 2.45) is 5.41 Å². The van der Waals surface area contributed by atoms with Gasteiger partial charge in [-0.3, -0.25) is 4.79 Å². The summed E-state index contributed by atoms with van der Waals surface area (Å²) < 4.78 is 10.5. The number of methoxy groups -OCH3 is 1. The second-order valence-corrected chi connectivity index (χ2v) is 6.16. The van der Waals surface area contributed by atoms with E-state index in [1.54, 1.807) is 6.07 Å². The third-order valence-electron chi connectivity index (χ3n) is 4.05. The molecule has 7 nitrogen and oxygen atoms in total. The van der Waals surface area contributed by atoms with E-state index in [4.69, 9.17) is 9.47 Å². The van der Waals surface area contributed by atoms with E-state index in [0.717, 1.165) is 5.69 Å². The number of aliphatic hydroxyl groups is 2. The smallest absolute Gasteiger partial charge is 0.246 e. The Bertz CT molecular complexity index is 527. The minimum Gasteiger partial charge on any atom is -0.477 e. The van der Waals surface area contributed by atoms with Gasteiger partial charge in [-0.25, -0.2) is 4.98 Å². The number of aliphatic hydroxyl groups excluding tert-OH is 2. The summed E-state index contributed by atoms with van der Waals surface area (Å²) in [6, 6.07) is 5.48. The van der Waals surface area contributed by atoms with Crippen LogP contribution in [0.4, 0.5) is 0 Å². The quantitative estimate of drug-likeness (QED) is 0.654. The van der Waals surface area contributed by atoms with Crippen LogP contribution in [0, 0.1) is 12.3 Å². The van der Waals surface area contributed by atoms with Gasteiger partial charge in [0.2, 0.25) is 11.8 Å². The first-order valence-corrected chi connectivity index (χ1v) is 7.62. The number of aryl methyl sites for hydroxylation is 1. The van der Waals surface area contributed by atoms with Crippen molar-refractivity contribution in [1.29, 1.82) is 0 Å². The summed E-state index contributed by atoms with van der Waals surface area (Å²) in [7, 11) is 1.45. The lowest BCUT2D eigenvalue weighted by atomic mass is 9.86. The standard InChI is InChI=1S/C16H24N2O5/c1-11-4-3-5-15(18-11)23-10-16(6-12(19)13(20)7-16)9-17-14(21)8-22-2/h3-5,12-13,19-20H,6-10H2,1-2H3,(H,17,21)/t12-,13+,16?. The molecule has 7 heteroatoms. The molecule has 0 spiro atoms. The van der Waals surface area contributed by atoms with Crippen molar-refractivity contribution in [3.8, 4) is 5.88 Å². The van der Waals surface area contributed by atoms with E-state index in [1.807, 2.05) is 19.1 Å². The first kappa shape index (κ1) is 17.7. The molecule has 1 fully saturated rings. The van der Waals surface area contributed by atoms with E-state index in [9.17, 15) is 15.0 Å². The summed E-state index contributed by atoms with van der Waals surface area (Å²) >= 11 is 0. The molecular weight excluding hydrogens is 300 g/mol. The van der Waals surface area contributed by atoms with Gasteiger partial charge >= 0.3 is 0 Å². The summed E-state index contributed by atoms with van der Waals surface area (Å²) in [5.41, 5.74) is 0.310. The number of ether oxygens (including phenoxy) is 2. The number of rotatable bonds is 7. The molecule has 1 saturated carbocycles. The van der Waals surface area contributed by atoms with Crippen molar-refractivity contribution in [2.75, 3.05) is 26.9 Å². The first-order valence-electron chi connectivity index (χ1n) is 7.62. The van der Waals surface area contributed by atoms with E-state index >= 15 is 0 Å². The van der Waals surface area contributed by atoms with Crippen LogP contribution in [0.25, 0.3) is 0 Å². The highest BCUT2D eigenvalue weighted by Crippen LogP contribution is 2.38. The van der Waals surface area contributed by atoms with Crippen LogP contribution >= 0.6 is 0 Å². The maximum atomic E-state index is 11.6. The van der Waals surface area contributed by atoms with E-state index in [-0.39, 0.29) is 19.1 Å². The van der Waals surface area contributed by atoms with E-state index in [1.165, 1.54) is 7.11 Å². The summed E-state index contributed by atoms with van der Waals surface area (Å²) in [6.45, 7) is 2.40. The Balaban J connectivity index is 2.01. The largest absolute Gasteiger partial charge is 0.477 e. The van der Waals surface area contributed by atoms with Crippen molar-refractivity contribution >= 4 is 5.91 Å². The topological polar surface area (TPSA) is 101 Å². The van der Waals surface area contributed by atoms with Crippen molar-refractivity contribution < 1.29 is 24.5 Å². The number of aromatic nitrogens is 1. The minimum absolute atomic E-state index is 0.0263. The average molecular weight is 324 g/mol. The fourth-order valence-corrected chi connectivity index (χ4v) is 2.85. The highest BCUT2D eigenvalue weighted by Gasteiger charge is 2.45. The normalized spacial score (nSPS) is 27.0. The molecule has 1 aliphatic carbocycles. The summed E-state index contributed by atoms with van der Waals surface area (Å²) in [4.78, 5) is 15.9. The van der Waals surface area contributed by atoms with Gasteiger partial charge in [0.05, 0.1) is 18.8 Å². The van der Waals surface area contributed by atoms with Crippen molar-refractivity contribution in [3.63, 3.8) is 0 Å². The molecule has 1 heterocycles. The van der Waals surface area contributed by atoms with Gasteiger partial charge in [0.25, 0.3) is 0 Å². The summed E-state index contributed by atoms with van der Waals surface area (Å²) in [5, 5.41) is 22.5. The van der Waals surface area contributed by atoms with Gasteiger partial charge in [0.15, 0.2) is 0 Å². The molecule has 3 N–H and O–H groups in total. The van der Waals surface area contributed by atoms with E-state index in [0.29, 0.717) is 25.3 Å². The molecule has 0 bridgehead atoms. The predicted molar refractivity (Wildman–Crippen MR) is 83.0 cm³/mol. The zero-order valence-corrected chi connectivity index (χ0v) is 13.5. The molecular formula is C16H24N2O5. The van der Waals surface area contributed by atoms with E-state index in [2.05, 4.69) is 10.3 Å². The Morgan fingerprint density at radius 3 is 2.70 bits per heavy atom. The van der Waals surface area contributed by atoms with Crippen LogP contribution in [-0.4, -0.2) is 60.2 Å². The number of carbonyl (C=O) groups excluding carboxylic acids is 1. The molecule has 1 aromatic heterocycles. The Morgan fingerprint density at radius 2 is 2.09 bits per heavy atom. The first-order chi connectivity index (χ1) is 10.9. The van der Waals surface area contributed by atoms with Gasteiger partial charge in [-0.05, 0) is 25.8 Å². The van der Waals surface area contributed by atoms with Crippen LogP contribution in [-0.2, 0) is 9.53 Å². The molecule has 1 aromatic rings. The zero-order chi connectivity index (χ0) is 16.9. The summed E-state index contributed by atoms with van der Waals surface area (Å²) in [5.74, 6) is 0.250. The fraction of sp³-hybridized carbons (Fsp3) is 0.625. The number of hydrogen-bond donors (Lipinski definition) is 3. The van der Waals surface area contributed by atoms with Crippen molar-refractivity contribution in [3.05, 3.63) is 23.9 Å². The molecule has 0 radical (unpaired) electrons. The van der Waals surface area contributed by atoms with Gasteiger partial charge in [-0.2, -0.15) is 0 Å². The molecule has 0 aliphatic heterocycles. The molecule has 2 rings (SSSR count). The third kappa shape index (κ3) is 4.89. The number of amides is 1. The molecule has 1 amide bonds. The second kappa shape index (κ2) is 7.72. The van der Waals surface area contributed by atoms with Crippen LogP contribution in [0.5, 0.6) is 5.88 Å². The van der Waals surface area contributed by atoms with Gasteiger partial charge in [-0.15, -0.1) is 0 Å². The number of nitrogens with zero attached hydrogens (tertiary/aromatic N) is 1. The monoisotopic (exact) mass is 324 g/mol. The third-order valence-corrected chi connectivity index (χ3v) is 4.05. The van der Waals surface area contributed by atoms with Crippen LogP contribution < -0.4 is 10.1 Å². The van der Waals surface area contributed by atoms with Gasteiger partial charge in [-0.1, -0.05) is 6.07 Å². The van der Waals surface area contributed by atoms with Crippen LogP contribution in [0.3, 0.4) is 0 Å². The van der Waals surface area contributed by atoms with Crippen LogP contribution in [0.1, 0.15) is 18.5 Å². The van der Waals surface area contributed by atoms with E-state index < -0.39 is 17.6 Å².